The van der Waals surface area contributed by atoms with Crippen molar-refractivity contribution < 1.29 is 4.79 Å². The number of hydrogen-bond donors (Lipinski definition) is 2. The van der Waals surface area contributed by atoms with E-state index < -0.39 is 0 Å². The quantitative estimate of drug-likeness (QED) is 0.733. The van der Waals surface area contributed by atoms with Crippen LogP contribution in [0.3, 0.4) is 0 Å². The van der Waals surface area contributed by atoms with Gasteiger partial charge in [-0.05, 0) is 38.0 Å². The Bertz CT molecular complexity index is 449. The lowest BCUT2D eigenvalue weighted by Gasteiger charge is -2.30. The van der Waals surface area contributed by atoms with E-state index in [-0.39, 0.29) is 36.8 Å². The van der Waals surface area contributed by atoms with Crippen LogP contribution in [0.5, 0.6) is 0 Å². The third-order valence-corrected chi connectivity index (χ3v) is 4.52. The van der Waals surface area contributed by atoms with E-state index in [1.165, 1.54) is 12.0 Å². The number of carbonyl (C=O) groups is 1. The Balaban J connectivity index is 0.00000264. The molecule has 2 rings (SSSR count). The van der Waals surface area contributed by atoms with E-state index in [1.54, 1.807) is 0 Å². The summed E-state index contributed by atoms with van der Waals surface area (Å²) in [5, 5.41) is 6.52. The highest BCUT2D eigenvalue weighted by atomic mass is 35.5. The average Bonchev–Trinajstić information content (AvgIpc) is 3.05. The van der Waals surface area contributed by atoms with Crippen molar-refractivity contribution in [3.8, 4) is 0 Å². The first-order valence-electron chi connectivity index (χ1n) is 8.53. The van der Waals surface area contributed by atoms with Crippen molar-refractivity contribution in [3.63, 3.8) is 0 Å². The van der Waals surface area contributed by atoms with Crippen molar-refractivity contribution in [3.05, 3.63) is 35.9 Å². The van der Waals surface area contributed by atoms with Crippen molar-refractivity contribution in [2.24, 2.45) is 0 Å². The predicted octanol–water partition coefficient (Wildman–Crippen LogP) is 3.17. The molecule has 4 nitrogen and oxygen atoms in total. The summed E-state index contributed by atoms with van der Waals surface area (Å²) in [6, 6.07) is 11.1. The van der Waals surface area contributed by atoms with Crippen molar-refractivity contribution in [2.45, 2.75) is 45.2 Å². The smallest absolute Gasteiger partial charge is 0.221 e. The molecule has 1 aliphatic rings. The average molecular weight is 376 g/mol. The molecule has 6 heteroatoms. The minimum atomic E-state index is 0. The Hall–Kier alpha value is -0.810. The highest BCUT2D eigenvalue weighted by Crippen LogP contribution is 2.19. The van der Waals surface area contributed by atoms with Gasteiger partial charge >= 0.3 is 0 Å². The maximum absolute atomic E-state index is 12.2. The minimum Gasteiger partial charge on any atom is -0.354 e. The van der Waals surface area contributed by atoms with Gasteiger partial charge in [-0.2, -0.15) is 0 Å². The van der Waals surface area contributed by atoms with Crippen LogP contribution in [0, 0.1) is 0 Å². The fourth-order valence-corrected chi connectivity index (χ4v) is 3.23. The summed E-state index contributed by atoms with van der Waals surface area (Å²) >= 11 is 0. The van der Waals surface area contributed by atoms with Crippen LogP contribution in [0.15, 0.2) is 30.3 Å². The molecule has 1 aromatic rings. The predicted molar refractivity (Wildman–Crippen MR) is 105 cm³/mol. The number of carbonyl (C=O) groups excluding carboxylic acids is 1. The summed E-state index contributed by atoms with van der Waals surface area (Å²) in [6.45, 7) is 8.03. The molecule has 1 saturated heterocycles. The fourth-order valence-electron chi connectivity index (χ4n) is 3.23. The van der Waals surface area contributed by atoms with Crippen LogP contribution in [0.4, 0.5) is 0 Å². The van der Waals surface area contributed by atoms with Gasteiger partial charge < -0.3 is 10.6 Å². The number of rotatable bonds is 8. The molecule has 1 heterocycles. The van der Waals surface area contributed by atoms with E-state index in [0.29, 0.717) is 19.0 Å². The summed E-state index contributed by atoms with van der Waals surface area (Å²) in [5.41, 5.74) is 1.27. The SMILES string of the molecule is CCN(CC)C(CNC(=O)CC1CCCN1)c1ccccc1.Cl.Cl. The summed E-state index contributed by atoms with van der Waals surface area (Å²) in [7, 11) is 0. The number of halogens is 2. The van der Waals surface area contributed by atoms with Crippen molar-refractivity contribution >= 4 is 30.7 Å². The van der Waals surface area contributed by atoms with Gasteiger partial charge in [-0.15, -0.1) is 24.8 Å². The Morgan fingerprint density at radius 1 is 1.25 bits per heavy atom. The molecular formula is C18H31Cl2N3O. The van der Waals surface area contributed by atoms with E-state index in [9.17, 15) is 4.79 Å². The van der Waals surface area contributed by atoms with E-state index >= 15 is 0 Å². The van der Waals surface area contributed by atoms with Gasteiger partial charge in [0.2, 0.25) is 5.91 Å². The molecule has 0 aliphatic carbocycles. The zero-order valence-electron chi connectivity index (χ0n) is 14.7. The molecule has 1 amide bonds. The number of nitrogens with one attached hydrogen (secondary N) is 2. The van der Waals surface area contributed by atoms with Crippen molar-refractivity contribution in [1.82, 2.24) is 15.5 Å². The molecule has 2 atom stereocenters. The summed E-state index contributed by atoms with van der Waals surface area (Å²) in [6.07, 6.45) is 2.90. The zero-order valence-corrected chi connectivity index (χ0v) is 16.3. The Morgan fingerprint density at radius 2 is 1.92 bits per heavy atom. The maximum atomic E-state index is 12.2. The van der Waals surface area contributed by atoms with Crippen LogP contribution in [0.1, 0.15) is 44.7 Å². The molecular weight excluding hydrogens is 345 g/mol. The fraction of sp³-hybridized carbons (Fsp3) is 0.611. The van der Waals surface area contributed by atoms with Gasteiger partial charge in [0.05, 0.1) is 6.04 Å². The third-order valence-electron chi connectivity index (χ3n) is 4.52. The molecule has 24 heavy (non-hydrogen) atoms. The third kappa shape index (κ3) is 6.98. The molecule has 0 bridgehead atoms. The van der Waals surface area contributed by atoms with Gasteiger partial charge in [-0.1, -0.05) is 44.2 Å². The van der Waals surface area contributed by atoms with Crippen LogP contribution in [0.25, 0.3) is 0 Å². The van der Waals surface area contributed by atoms with Crippen LogP contribution in [-0.2, 0) is 4.79 Å². The Labute approximate surface area is 158 Å². The van der Waals surface area contributed by atoms with Crippen LogP contribution in [-0.4, -0.2) is 43.0 Å². The first-order chi connectivity index (χ1) is 10.7. The van der Waals surface area contributed by atoms with E-state index in [4.69, 9.17) is 0 Å². The number of likely N-dealkylation sites (N-methyl/N-ethyl adjacent to an activating group) is 1. The van der Waals surface area contributed by atoms with Gasteiger partial charge in [-0.25, -0.2) is 0 Å². The molecule has 1 aromatic carbocycles. The van der Waals surface area contributed by atoms with Gasteiger partial charge in [0.25, 0.3) is 0 Å². The highest BCUT2D eigenvalue weighted by molar-refractivity contribution is 5.85. The van der Waals surface area contributed by atoms with Gasteiger partial charge in [0.15, 0.2) is 0 Å². The standard InChI is InChI=1S/C18H29N3O.2ClH/c1-3-21(4-2)17(15-9-6-5-7-10-15)14-20-18(22)13-16-11-8-12-19-16;;/h5-7,9-10,16-17,19H,3-4,8,11-14H2,1-2H3,(H,20,22);2*1H. The molecule has 2 N–H and O–H groups in total. The summed E-state index contributed by atoms with van der Waals surface area (Å²) in [4.78, 5) is 14.6. The summed E-state index contributed by atoms with van der Waals surface area (Å²) in [5.74, 6) is 0.160. The first-order valence-corrected chi connectivity index (χ1v) is 8.53. The zero-order chi connectivity index (χ0) is 15.8. The molecule has 0 spiro atoms. The van der Waals surface area contributed by atoms with Crippen molar-refractivity contribution in [2.75, 3.05) is 26.2 Å². The minimum absolute atomic E-state index is 0. The van der Waals surface area contributed by atoms with E-state index in [2.05, 4.69) is 53.6 Å². The van der Waals surface area contributed by atoms with Crippen molar-refractivity contribution in [1.29, 1.82) is 0 Å². The molecule has 1 fully saturated rings. The van der Waals surface area contributed by atoms with E-state index in [0.717, 1.165) is 26.1 Å². The summed E-state index contributed by atoms with van der Waals surface area (Å²) < 4.78 is 0. The lowest BCUT2D eigenvalue weighted by molar-refractivity contribution is -0.121. The monoisotopic (exact) mass is 375 g/mol. The van der Waals surface area contributed by atoms with Gasteiger partial charge in [-0.3, -0.25) is 9.69 Å². The number of nitrogens with zero attached hydrogens (tertiary/aromatic N) is 1. The molecule has 138 valence electrons. The highest BCUT2D eigenvalue weighted by Gasteiger charge is 2.21. The van der Waals surface area contributed by atoms with Gasteiger partial charge in [0, 0.05) is 19.0 Å². The second kappa shape index (κ2) is 12.5. The Kier molecular flexibility index (Phi) is 12.1. The molecule has 0 aromatic heterocycles. The van der Waals surface area contributed by atoms with Crippen LogP contribution in [0.2, 0.25) is 0 Å². The number of benzene rings is 1. The number of amides is 1. The molecule has 0 saturated carbocycles. The largest absolute Gasteiger partial charge is 0.354 e. The lowest BCUT2D eigenvalue weighted by Crippen LogP contribution is -2.39. The van der Waals surface area contributed by atoms with Crippen LogP contribution < -0.4 is 10.6 Å². The normalized spacial score (nSPS) is 17.7. The topological polar surface area (TPSA) is 44.4 Å². The molecule has 1 aliphatic heterocycles. The Morgan fingerprint density at radius 3 is 2.46 bits per heavy atom. The lowest BCUT2D eigenvalue weighted by atomic mass is 10.0. The van der Waals surface area contributed by atoms with Crippen LogP contribution >= 0.6 is 24.8 Å². The molecule has 0 radical (unpaired) electrons. The molecule has 2 unspecified atom stereocenters. The second-order valence-electron chi connectivity index (χ2n) is 5.95. The van der Waals surface area contributed by atoms with E-state index in [1.807, 2.05) is 6.07 Å². The van der Waals surface area contributed by atoms with Gasteiger partial charge in [0.1, 0.15) is 0 Å². The second-order valence-corrected chi connectivity index (χ2v) is 5.95. The maximum Gasteiger partial charge on any atom is 0.221 e. The number of hydrogen-bond acceptors (Lipinski definition) is 3. The first kappa shape index (κ1) is 23.2.